The Morgan fingerprint density at radius 2 is 2.03 bits per heavy atom. The van der Waals surface area contributed by atoms with E-state index in [9.17, 15) is 13.6 Å². The fourth-order valence-corrected chi connectivity index (χ4v) is 3.99. The number of benzene rings is 1. The van der Waals surface area contributed by atoms with E-state index in [4.69, 9.17) is 16.3 Å². The molecule has 0 saturated heterocycles. The predicted molar refractivity (Wildman–Crippen MR) is 126 cm³/mol. The van der Waals surface area contributed by atoms with Crippen molar-refractivity contribution in [1.82, 2.24) is 4.98 Å². The number of nitrogens with one attached hydrogen (secondary N) is 2. The van der Waals surface area contributed by atoms with E-state index in [-0.39, 0.29) is 22.4 Å². The highest BCUT2D eigenvalue weighted by atomic mass is 35.5. The van der Waals surface area contributed by atoms with Gasteiger partial charge in [0.2, 0.25) is 5.91 Å². The van der Waals surface area contributed by atoms with E-state index in [1.165, 1.54) is 6.08 Å². The van der Waals surface area contributed by atoms with Gasteiger partial charge in [-0.2, -0.15) is 0 Å². The van der Waals surface area contributed by atoms with Crippen LogP contribution in [0.25, 0.3) is 0 Å². The number of amides is 1. The Morgan fingerprint density at radius 3 is 2.70 bits per heavy atom. The molecule has 2 aliphatic carbocycles. The highest BCUT2D eigenvalue weighted by Gasteiger charge is 2.36. The van der Waals surface area contributed by atoms with Crippen LogP contribution < -0.4 is 15.4 Å². The van der Waals surface area contributed by atoms with Crippen molar-refractivity contribution in [3.05, 3.63) is 64.8 Å². The highest BCUT2D eigenvalue weighted by molar-refractivity contribution is 6.32. The summed E-state index contributed by atoms with van der Waals surface area (Å²) in [5.41, 5.74) is 0.750. The molecule has 1 aromatic carbocycles. The molecule has 1 amide bonds. The first-order valence-corrected chi connectivity index (χ1v) is 11.2. The summed E-state index contributed by atoms with van der Waals surface area (Å²) < 4.78 is 33.9. The van der Waals surface area contributed by atoms with Crippen molar-refractivity contribution >= 4 is 29.0 Å². The Balaban J connectivity index is 1.46. The smallest absolute Gasteiger partial charge is 0.271 e. The summed E-state index contributed by atoms with van der Waals surface area (Å²) in [6, 6.07) is 8.95. The maximum absolute atomic E-state index is 13.9. The number of allylic oxidation sites excluding steroid dienone is 2. The van der Waals surface area contributed by atoms with Crippen LogP contribution in [0.15, 0.2) is 59.3 Å². The van der Waals surface area contributed by atoms with Gasteiger partial charge in [0, 0.05) is 41.4 Å². The Kier molecular flexibility index (Phi) is 6.18. The average molecular weight is 474 g/mol. The number of nitrogens with zero attached hydrogens (tertiary/aromatic N) is 1. The molecule has 1 aromatic heterocycles. The van der Waals surface area contributed by atoms with E-state index >= 15 is 0 Å². The first kappa shape index (κ1) is 23.2. The van der Waals surface area contributed by atoms with Crippen LogP contribution in [0, 0.1) is 12.8 Å². The molecule has 8 heteroatoms. The van der Waals surface area contributed by atoms with Gasteiger partial charge >= 0.3 is 0 Å². The van der Waals surface area contributed by atoms with E-state index in [2.05, 4.69) is 15.6 Å². The summed E-state index contributed by atoms with van der Waals surface area (Å²) in [6.45, 7) is 4.60. The van der Waals surface area contributed by atoms with Crippen LogP contribution in [0.2, 0.25) is 0 Å². The van der Waals surface area contributed by atoms with Crippen molar-refractivity contribution in [3.8, 4) is 11.5 Å². The van der Waals surface area contributed by atoms with Crippen LogP contribution in [-0.4, -0.2) is 22.4 Å². The minimum Gasteiger partial charge on any atom is -0.457 e. The molecule has 2 aliphatic rings. The minimum atomic E-state index is -3.02. The van der Waals surface area contributed by atoms with Crippen molar-refractivity contribution in [2.75, 3.05) is 10.6 Å². The number of aryl methyl sites for hydroxylation is 1. The first-order valence-electron chi connectivity index (χ1n) is 10.8. The fourth-order valence-electron chi connectivity index (χ4n) is 3.70. The molecule has 1 saturated carbocycles. The highest BCUT2D eigenvalue weighted by Crippen LogP contribution is 2.39. The Bertz CT molecular complexity index is 1140. The first-order chi connectivity index (χ1) is 15.5. The van der Waals surface area contributed by atoms with E-state index < -0.39 is 11.5 Å². The van der Waals surface area contributed by atoms with Crippen molar-refractivity contribution in [2.24, 2.45) is 5.92 Å². The second-order valence-electron chi connectivity index (χ2n) is 8.97. The van der Waals surface area contributed by atoms with Gasteiger partial charge < -0.3 is 15.4 Å². The second kappa shape index (κ2) is 8.78. The molecule has 174 valence electrons. The number of alkyl halides is 2. The summed E-state index contributed by atoms with van der Waals surface area (Å²) in [4.78, 5) is 16.1. The summed E-state index contributed by atoms with van der Waals surface area (Å²) in [6.07, 6.45) is 7.02. The number of carbonyl (C=O) groups is 1. The van der Waals surface area contributed by atoms with E-state index in [1.54, 1.807) is 24.4 Å². The minimum absolute atomic E-state index is 0.0170. The normalized spacial score (nSPS) is 20.5. The fraction of sp³-hybridized carbons (Fsp3) is 0.360. The number of anilines is 2. The Hall–Kier alpha value is -2.93. The van der Waals surface area contributed by atoms with Crippen molar-refractivity contribution in [3.63, 3.8) is 0 Å². The average Bonchev–Trinajstić information content (AvgIpc) is 3.57. The molecule has 1 unspecified atom stereocenters. The van der Waals surface area contributed by atoms with Crippen LogP contribution in [0.1, 0.15) is 38.7 Å². The molecule has 2 aromatic rings. The summed E-state index contributed by atoms with van der Waals surface area (Å²) in [5, 5.41) is 6.23. The number of halogens is 3. The molecule has 1 atom stereocenters. The lowest BCUT2D eigenvalue weighted by Gasteiger charge is -2.33. The van der Waals surface area contributed by atoms with Gasteiger partial charge in [0.05, 0.1) is 5.54 Å². The van der Waals surface area contributed by atoms with Gasteiger partial charge in [-0.25, -0.2) is 13.8 Å². The number of aromatic nitrogens is 1. The lowest BCUT2D eigenvalue weighted by atomic mass is 9.87. The van der Waals surface area contributed by atoms with Gasteiger partial charge in [0.15, 0.2) is 0 Å². The molecule has 0 spiro atoms. The van der Waals surface area contributed by atoms with Crippen molar-refractivity contribution in [1.29, 1.82) is 0 Å². The molecule has 33 heavy (non-hydrogen) atoms. The largest absolute Gasteiger partial charge is 0.457 e. The molecule has 2 N–H and O–H groups in total. The summed E-state index contributed by atoms with van der Waals surface area (Å²) in [5.74, 6) is -1.31. The van der Waals surface area contributed by atoms with Gasteiger partial charge in [-0.3, -0.25) is 4.79 Å². The van der Waals surface area contributed by atoms with Gasteiger partial charge in [-0.05, 0) is 69.0 Å². The number of hydrogen-bond donors (Lipinski definition) is 2. The molecule has 0 radical (unpaired) electrons. The topological polar surface area (TPSA) is 63.2 Å². The predicted octanol–water partition coefficient (Wildman–Crippen LogP) is 6.81. The molecule has 0 aliphatic heterocycles. The molecule has 5 nitrogen and oxygen atoms in total. The van der Waals surface area contributed by atoms with E-state index in [0.717, 1.165) is 31.0 Å². The van der Waals surface area contributed by atoms with Gasteiger partial charge in [-0.1, -0.05) is 17.7 Å². The molecule has 1 heterocycles. The standard InChI is InChI=1S/C25H26ClF2N3O2/c1-15-12-17(31-24(2)10-8-20(26)19(14-24)25(3,27)28)6-7-21(15)33-18-9-11-29-22(13-18)30-23(32)16-4-5-16/h6-9,11-14,16,31H,4-5,10H2,1-3H3,(H,29,30,32). The van der Waals surface area contributed by atoms with Crippen LogP contribution in [0.4, 0.5) is 20.3 Å². The zero-order valence-corrected chi connectivity index (χ0v) is 19.5. The third kappa shape index (κ3) is 5.71. The van der Waals surface area contributed by atoms with Crippen LogP contribution >= 0.6 is 11.6 Å². The van der Waals surface area contributed by atoms with Crippen molar-refractivity contribution < 1.29 is 18.3 Å². The van der Waals surface area contributed by atoms with E-state index in [1.807, 2.05) is 32.0 Å². The Morgan fingerprint density at radius 1 is 1.27 bits per heavy atom. The lowest BCUT2D eigenvalue weighted by Crippen LogP contribution is -2.36. The number of ether oxygens (including phenoxy) is 1. The molecular formula is C25H26ClF2N3O2. The lowest BCUT2D eigenvalue weighted by molar-refractivity contribution is -0.117. The maximum atomic E-state index is 13.9. The zero-order valence-electron chi connectivity index (χ0n) is 18.7. The summed E-state index contributed by atoms with van der Waals surface area (Å²) in [7, 11) is 0. The summed E-state index contributed by atoms with van der Waals surface area (Å²) >= 11 is 6.02. The SMILES string of the molecule is Cc1cc(NC2(C)C=C(C(C)(F)F)C(Cl)=CC2)ccc1Oc1ccnc(NC(=O)C2CC2)c1. The zero-order chi connectivity index (χ0) is 23.8. The van der Waals surface area contributed by atoms with E-state index in [0.29, 0.717) is 23.7 Å². The quantitative estimate of drug-likeness (QED) is 0.463. The molecule has 4 rings (SSSR count). The van der Waals surface area contributed by atoms with Gasteiger partial charge in [0.25, 0.3) is 5.92 Å². The third-order valence-electron chi connectivity index (χ3n) is 5.66. The van der Waals surface area contributed by atoms with Crippen molar-refractivity contribution in [2.45, 2.75) is 51.5 Å². The molecule has 1 fully saturated rings. The number of carbonyl (C=O) groups excluding carboxylic acids is 1. The maximum Gasteiger partial charge on any atom is 0.271 e. The van der Waals surface area contributed by atoms with Crippen LogP contribution in [0.3, 0.4) is 0 Å². The number of pyridine rings is 1. The van der Waals surface area contributed by atoms with Gasteiger partial charge in [-0.15, -0.1) is 0 Å². The number of rotatable bonds is 7. The monoisotopic (exact) mass is 473 g/mol. The Labute approximate surface area is 196 Å². The second-order valence-corrected chi connectivity index (χ2v) is 9.37. The molecule has 0 bridgehead atoms. The van der Waals surface area contributed by atoms with Crippen LogP contribution in [0.5, 0.6) is 11.5 Å². The number of hydrogen-bond acceptors (Lipinski definition) is 4. The van der Waals surface area contributed by atoms with Crippen LogP contribution in [-0.2, 0) is 4.79 Å². The van der Waals surface area contributed by atoms with Gasteiger partial charge in [0.1, 0.15) is 17.3 Å². The molecular weight excluding hydrogens is 448 g/mol. The third-order valence-corrected chi connectivity index (χ3v) is 6.02.